The van der Waals surface area contributed by atoms with E-state index in [4.69, 9.17) is 24.9 Å². The molecular formula is C44H28N6. The molecule has 234 valence electrons. The summed E-state index contributed by atoms with van der Waals surface area (Å²) in [5.41, 5.74) is 10.4. The number of hydrogen-bond donors (Lipinski definition) is 0. The Morgan fingerprint density at radius 1 is 0.280 bits per heavy atom. The maximum absolute atomic E-state index is 5.07. The molecule has 0 amide bonds. The van der Waals surface area contributed by atoms with Crippen molar-refractivity contribution in [2.24, 2.45) is 0 Å². The summed E-state index contributed by atoms with van der Waals surface area (Å²) < 4.78 is 0. The molecule has 6 heteroatoms. The second-order valence-corrected chi connectivity index (χ2v) is 12.0. The molecular weight excluding hydrogens is 613 g/mol. The molecule has 0 unspecified atom stereocenters. The normalized spacial score (nSPS) is 11.2. The third-order valence-electron chi connectivity index (χ3n) is 8.76. The van der Waals surface area contributed by atoms with Crippen LogP contribution in [0.15, 0.2) is 170 Å². The Hall–Kier alpha value is -6.92. The highest BCUT2D eigenvalue weighted by Gasteiger charge is 2.14. The van der Waals surface area contributed by atoms with Crippen molar-refractivity contribution in [3.05, 3.63) is 170 Å². The number of rotatable bonds is 6. The van der Waals surface area contributed by atoms with E-state index < -0.39 is 0 Å². The van der Waals surface area contributed by atoms with Crippen LogP contribution in [0.1, 0.15) is 0 Å². The Labute approximate surface area is 288 Å². The van der Waals surface area contributed by atoms with Gasteiger partial charge in [0.15, 0.2) is 17.5 Å². The third kappa shape index (κ3) is 5.76. The molecule has 0 fully saturated rings. The van der Waals surface area contributed by atoms with Gasteiger partial charge in [-0.25, -0.2) is 24.9 Å². The summed E-state index contributed by atoms with van der Waals surface area (Å²) >= 11 is 0. The van der Waals surface area contributed by atoms with Crippen LogP contribution in [-0.4, -0.2) is 29.9 Å². The molecule has 0 N–H and O–H groups in total. The van der Waals surface area contributed by atoms with Gasteiger partial charge < -0.3 is 0 Å². The fourth-order valence-electron chi connectivity index (χ4n) is 6.17. The first-order chi connectivity index (χ1) is 24.7. The number of benzene rings is 5. The van der Waals surface area contributed by atoms with Crippen LogP contribution in [-0.2, 0) is 0 Å². The van der Waals surface area contributed by atoms with E-state index in [0.29, 0.717) is 17.5 Å². The molecule has 4 aromatic heterocycles. The molecule has 0 aliphatic rings. The van der Waals surface area contributed by atoms with E-state index in [9.17, 15) is 0 Å². The van der Waals surface area contributed by atoms with Gasteiger partial charge in [-0.15, -0.1) is 0 Å². The topological polar surface area (TPSA) is 77.3 Å². The van der Waals surface area contributed by atoms with Crippen molar-refractivity contribution < 1.29 is 0 Å². The lowest BCUT2D eigenvalue weighted by Crippen LogP contribution is -2.00. The molecule has 0 saturated heterocycles. The molecule has 0 atom stereocenters. The maximum Gasteiger partial charge on any atom is 0.164 e. The quantitative estimate of drug-likeness (QED) is 0.180. The average Bonchev–Trinajstić information content (AvgIpc) is 3.21. The summed E-state index contributed by atoms with van der Waals surface area (Å²) in [6.07, 6.45) is 1.79. The summed E-state index contributed by atoms with van der Waals surface area (Å²) in [6.45, 7) is 0. The number of hydrogen-bond acceptors (Lipinski definition) is 6. The number of aromatic nitrogens is 6. The molecule has 9 rings (SSSR count). The minimum absolute atomic E-state index is 0.613. The molecule has 0 spiro atoms. The Kier molecular flexibility index (Phi) is 7.37. The fourth-order valence-corrected chi connectivity index (χ4v) is 6.17. The van der Waals surface area contributed by atoms with Crippen molar-refractivity contribution in [1.29, 1.82) is 0 Å². The van der Waals surface area contributed by atoms with Crippen LogP contribution in [0.25, 0.3) is 89.7 Å². The molecule has 5 aromatic carbocycles. The van der Waals surface area contributed by atoms with Gasteiger partial charge in [0.05, 0.1) is 28.1 Å². The van der Waals surface area contributed by atoms with Crippen LogP contribution < -0.4 is 0 Å². The van der Waals surface area contributed by atoms with Gasteiger partial charge in [-0.2, -0.15) is 0 Å². The van der Waals surface area contributed by atoms with Crippen LogP contribution in [0.3, 0.4) is 0 Å². The van der Waals surface area contributed by atoms with Gasteiger partial charge in [0.2, 0.25) is 0 Å². The van der Waals surface area contributed by atoms with Crippen LogP contribution in [0.2, 0.25) is 0 Å². The Morgan fingerprint density at radius 2 is 0.860 bits per heavy atom. The van der Waals surface area contributed by atoms with Gasteiger partial charge in [-0.3, -0.25) is 4.98 Å². The van der Waals surface area contributed by atoms with Crippen molar-refractivity contribution in [2.45, 2.75) is 0 Å². The summed E-state index contributed by atoms with van der Waals surface area (Å²) in [7, 11) is 0. The predicted octanol–water partition coefficient (Wildman–Crippen LogP) is 10.4. The monoisotopic (exact) mass is 640 g/mol. The zero-order valence-electron chi connectivity index (χ0n) is 26.8. The van der Waals surface area contributed by atoms with E-state index in [2.05, 4.69) is 71.7 Å². The molecule has 0 radical (unpaired) electrons. The molecule has 0 aliphatic heterocycles. The zero-order valence-corrected chi connectivity index (χ0v) is 26.8. The lowest BCUT2D eigenvalue weighted by Gasteiger charge is -2.10. The second kappa shape index (κ2) is 12.6. The van der Waals surface area contributed by atoms with E-state index in [1.165, 1.54) is 0 Å². The van der Waals surface area contributed by atoms with Crippen molar-refractivity contribution >= 4 is 21.8 Å². The van der Waals surface area contributed by atoms with Gasteiger partial charge in [0.1, 0.15) is 0 Å². The van der Waals surface area contributed by atoms with Gasteiger partial charge in [-0.05, 0) is 59.7 Å². The van der Waals surface area contributed by atoms with Crippen molar-refractivity contribution in [1.82, 2.24) is 29.9 Å². The SMILES string of the molecule is c1ccc(-c2nc(-c3ccccc3)nc(-c3cccc(-c4ccc5cc(-c6ccc7ccc(-c8ccccn8)nc7c6)ccc5n4)c3)n2)cc1. The molecule has 0 saturated carbocycles. The van der Waals surface area contributed by atoms with Gasteiger partial charge >= 0.3 is 0 Å². The predicted molar refractivity (Wildman–Crippen MR) is 201 cm³/mol. The Bertz CT molecular complexity index is 2580. The van der Waals surface area contributed by atoms with Crippen molar-refractivity contribution in [2.75, 3.05) is 0 Å². The number of nitrogens with zero attached hydrogens (tertiary/aromatic N) is 6. The van der Waals surface area contributed by atoms with Crippen molar-refractivity contribution in [3.8, 4) is 67.9 Å². The van der Waals surface area contributed by atoms with E-state index in [1.54, 1.807) is 6.20 Å². The fraction of sp³-hybridized carbons (Fsp3) is 0. The second-order valence-electron chi connectivity index (χ2n) is 12.0. The lowest BCUT2D eigenvalue weighted by atomic mass is 10.0. The highest BCUT2D eigenvalue weighted by molar-refractivity contribution is 5.90. The van der Waals surface area contributed by atoms with E-state index in [1.807, 2.05) is 97.1 Å². The third-order valence-corrected chi connectivity index (χ3v) is 8.76. The molecule has 4 heterocycles. The molecule has 6 nitrogen and oxygen atoms in total. The molecule has 0 aliphatic carbocycles. The van der Waals surface area contributed by atoms with Gasteiger partial charge in [0.25, 0.3) is 0 Å². The highest BCUT2D eigenvalue weighted by Crippen LogP contribution is 2.31. The average molecular weight is 641 g/mol. The van der Waals surface area contributed by atoms with Crippen molar-refractivity contribution in [3.63, 3.8) is 0 Å². The number of fused-ring (bicyclic) bond motifs is 2. The van der Waals surface area contributed by atoms with Gasteiger partial charge in [0, 0.05) is 39.2 Å². The van der Waals surface area contributed by atoms with E-state index >= 15 is 0 Å². The maximum atomic E-state index is 5.07. The highest BCUT2D eigenvalue weighted by atomic mass is 15.0. The van der Waals surface area contributed by atoms with Crippen LogP contribution in [0.4, 0.5) is 0 Å². The molecule has 50 heavy (non-hydrogen) atoms. The smallest absolute Gasteiger partial charge is 0.164 e. The lowest BCUT2D eigenvalue weighted by molar-refractivity contribution is 1.07. The summed E-state index contributed by atoms with van der Waals surface area (Å²) in [5, 5.41) is 2.16. The Morgan fingerprint density at radius 3 is 1.60 bits per heavy atom. The minimum Gasteiger partial charge on any atom is -0.255 e. The summed E-state index contributed by atoms with van der Waals surface area (Å²) in [6, 6.07) is 55.3. The minimum atomic E-state index is 0.613. The van der Waals surface area contributed by atoms with Crippen LogP contribution in [0, 0.1) is 0 Å². The largest absolute Gasteiger partial charge is 0.255 e. The summed E-state index contributed by atoms with van der Waals surface area (Å²) in [5.74, 6) is 1.88. The first-order valence-electron chi connectivity index (χ1n) is 16.4. The van der Waals surface area contributed by atoms with E-state index in [-0.39, 0.29) is 0 Å². The molecule has 0 bridgehead atoms. The van der Waals surface area contributed by atoms with Crippen LogP contribution >= 0.6 is 0 Å². The van der Waals surface area contributed by atoms with E-state index in [0.717, 1.165) is 72.3 Å². The standard InChI is InChI=1S/C44H28N6/c1-3-10-30(11-4-1)42-48-43(31-12-5-2-6-13-31)50-44(49-42)36-15-9-14-34(27-36)37-23-21-35-26-32(20-22-38(35)46-37)33-18-17-29-19-24-40(47-41(29)28-33)39-16-7-8-25-45-39/h1-28H. The first kappa shape index (κ1) is 29.2. The number of pyridine rings is 3. The Balaban J connectivity index is 1.05. The summed E-state index contributed by atoms with van der Waals surface area (Å²) in [4.78, 5) is 29.1. The first-order valence-corrected chi connectivity index (χ1v) is 16.4. The zero-order chi connectivity index (χ0) is 33.3. The van der Waals surface area contributed by atoms with Crippen LogP contribution in [0.5, 0.6) is 0 Å². The molecule has 9 aromatic rings. The van der Waals surface area contributed by atoms with Gasteiger partial charge in [-0.1, -0.05) is 115 Å².